The zero-order chi connectivity index (χ0) is 15.2. The van der Waals surface area contributed by atoms with Gasteiger partial charge in [-0.25, -0.2) is 14.4 Å². The summed E-state index contributed by atoms with van der Waals surface area (Å²) < 4.78 is 18.4. The summed E-state index contributed by atoms with van der Waals surface area (Å²) in [6.07, 6.45) is 2.50. The molecule has 0 aliphatic carbocycles. The van der Waals surface area contributed by atoms with Crippen LogP contribution in [0, 0.1) is 12.7 Å². The molecule has 0 saturated carbocycles. The van der Waals surface area contributed by atoms with Gasteiger partial charge in [-0.05, 0) is 25.5 Å². The van der Waals surface area contributed by atoms with Gasteiger partial charge in [0, 0.05) is 18.2 Å². The van der Waals surface area contributed by atoms with Crippen LogP contribution in [-0.4, -0.2) is 23.6 Å². The van der Waals surface area contributed by atoms with Crippen LogP contribution in [0.2, 0.25) is 0 Å². The number of halogens is 1. The maximum Gasteiger partial charge on any atom is 0.145 e. The van der Waals surface area contributed by atoms with Crippen LogP contribution < -0.4 is 15.4 Å². The topological polar surface area (TPSA) is 59.1 Å². The summed E-state index contributed by atoms with van der Waals surface area (Å²) in [5.41, 5.74) is 1.56. The van der Waals surface area contributed by atoms with Crippen molar-refractivity contribution in [2.45, 2.75) is 20.3 Å². The van der Waals surface area contributed by atoms with Crippen LogP contribution >= 0.6 is 0 Å². The molecule has 0 spiro atoms. The van der Waals surface area contributed by atoms with E-state index < -0.39 is 0 Å². The minimum absolute atomic E-state index is 0.345. The summed E-state index contributed by atoms with van der Waals surface area (Å²) in [6, 6.07) is 4.32. The Bertz CT molecular complexity index is 619. The molecule has 112 valence electrons. The largest absolute Gasteiger partial charge is 0.494 e. The van der Waals surface area contributed by atoms with Crippen molar-refractivity contribution in [1.82, 2.24) is 9.97 Å². The predicted molar refractivity (Wildman–Crippen MR) is 81.8 cm³/mol. The van der Waals surface area contributed by atoms with Crippen molar-refractivity contribution < 1.29 is 9.13 Å². The number of ether oxygens (including phenoxy) is 1. The second-order valence-electron chi connectivity index (χ2n) is 4.59. The molecule has 2 N–H and O–H groups in total. The molecule has 5 nitrogen and oxygen atoms in total. The lowest BCUT2D eigenvalue weighted by Crippen LogP contribution is -2.07. The fourth-order valence-electron chi connectivity index (χ4n) is 1.89. The van der Waals surface area contributed by atoms with Gasteiger partial charge in [-0.15, -0.1) is 0 Å². The maximum absolute atomic E-state index is 13.2. The van der Waals surface area contributed by atoms with Gasteiger partial charge in [-0.1, -0.05) is 6.92 Å². The van der Waals surface area contributed by atoms with Crippen LogP contribution in [0.15, 0.2) is 24.5 Å². The molecule has 0 unspecified atom stereocenters. The average Bonchev–Trinajstić information content (AvgIpc) is 2.49. The van der Waals surface area contributed by atoms with Crippen LogP contribution in [-0.2, 0) is 0 Å². The van der Waals surface area contributed by atoms with E-state index in [9.17, 15) is 4.39 Å². The molecular weight excluding hydrogens is 271 g/mol. The third kappa shape index (κ3) is 3.59. The van der Waals surface area contributed by atoms with Crippen LogP contribution in [0.5, 0.6) is 5.75 Å². The standard InChI is InChI=1S/C15H19FN4O/c1-4-7-17-14-10(2)15(19-9-18-14)20-12-6-5-11(16)8-13(12)21-3/h5-6,8-9H,4,7H2,1-3H3,(H2,17,18,19,20). The Labute approximate surface area is 123 Å². The van der Waals surface area contributed by atoms with E-state index in [4.69, 9.17) is 4.74 Å². The summed E-state index contributed by atoms with van der Waals surface area (Å²) in [7, 11) is 1.50. The summed E-state index contributed by atoms with van der Waals surface area (Å²) in [6.45, 7) is 4.86. The van der Waals surface area contributed by atoms with Gasteiger partial charge >= 0.3 is 0 Å². The highest BCUT2D eigenvalue weighted by Gasteiger charge is 2.10. The lowest BCUT2D eigenvalue weighted by molar-refractivity contribution is 0.413. The molecule has 2 aromatic rings. The van der Waals surface area contributed by atoms with E-state index in [-0.39, 0.29) is 5.82 Å². The van der Waals surface area contributed by atoms with Gasteiger partial charge < -0.3 is 15.4 Å². The fourth-order valence-corrected chi connectivity index (χ4v) is 1.89. The number of rotatable bonds is 6. The Balaban J connectivity index is 2.27. The van der Waals surface area contributed by atoms with E-state index in [1.165, 1.54) is 25.6 Å². The number of benzene rings is 1. The zero-order valence-electron chi connectivity index (χ0n) is 12.4. The van der Waals surface area contributed by atoms with E-state index >= 15 is 0 Å². The van der Waals surface area contributed by atoms with E-state index in [0.717, 1.165) is 24.3 Å². The number of nitrogens with zero attached hydrogens (tertiary/aromatic N) is 2. The van der Waals surface area contributed by atoms with Crippen molar-refractivity contribution in [3.05, 3.63) is 35.9 Å². The molecule has 0 aliphatic rings. The number of aromatic nitrogens is 2. The van der Waals surface area contributed by atoms with Crippen molar-refractivity contribution in [2.24, 2.45) is 0 Å². The number of hydrogen-bond donors (Lipinski definition) is 2. The van der Waals surface area contributed by atoms with Crippen LogP contribution in [0.3, 0.4) is 0 Å². The number of anilines is 3. The Hall–Kier alpha value is -2.37. The first kappa shape index (κ1) is 15.0. The monoisotopic (exact) mass is 290 g/mol. The molecule has 2 rings (SSSR count). The highest BCUT2D eigenvalue weighted by Crippen LogP contribution is 2.29. The minimum Gasteiger partial charge on any atom is -0.494 e. The van der Waals surface area contributed by atoms with E-state index in [1.54, 1.807) is 6.07 Å². The number of methoxy groups -OCH3 is 1. The molecule has 1 heterocycles. The number of hydrogen-bond acceptors (Lipinski definition) is 5. The van der Waals surface area contributed by atoms with Crippen molar-refractivity contribution in [1.29, 1.82) is 0 Å². The van der Waals surface area contributed by atoms with Gasteiger partial charge in [0.1, 0.15) is 29.5 Å². The lowest BCUT2D eigenvalue weighted by atomic mass is 10.2. The Morgan fingerprint density at radius 2 is 2.00 bits per heavy atom. The van der Waals surface area contributed by atoms with Crippen LogP contribution in [0.1, 0.15) is 18.9 Å². The summed E-state index contributed by atoms with van der Waals surface area (Å²) in [5.74, 6) is 1.53. The SMILES string of the molecule is CCCNc1ncnc(Nc2ccc(F)cc2OC)c1C. The zero-order valence-corrected chi connectivity index (χ0v) is 12.4. The van der Waals surface area contributed by atoms with Gasteiger partial charge in [0.25, 0.3) is 0 Å². The molecule has 0 saturated heterocycles. The Morgan fingerprint density at radius 3 is 2.71 bits per heavy atom. The molecule has 1 aromatic carbocycles. The molecule has 0 aliphatic heterocycles. The molecule has 21 heavy (non-hydrogen) atoms. The molecule has 0 atom stereocenters. The quantitative estimate of drug-likeness (QED) is 0.852. The van der Waals surface area contributed by atoms with Gasteiger partial charge in [0.2, 0.25) is 0 Å². The average molecular weight is 290 g/mol. The van der Waals surface area contributed by atoms with Gasteiger partial charge in [-0.3, -0.25) is 0 Å². The third-order valence-corrected chi connectivity index (χ3v) is 3.04. The van der Waals surface area contributed by atoms with Gasteiger partial charge in [-0.2, -0.15) is 0 Å². The van der Waals surface area contributed by atoms with Crippen molar-refractivity contribution in [3.8, 4) is 5.75 Å². The van der Waals surface area contributed by atoms with Gasteiger partial charge in [0.15, 0.2) is 0 Å². The lowest BCUT2D eigenvalue weighted by Gasteiger charge is -2.14. The van der Waals surface area contributed by atoms with E-state index in [2.05, 4.69) is 27.5 Å². The smallest absolute Gasteiger partial charge is 0.145 e. The molecule has 0 bridgehead atoms. The molecular formula is C15H19FN4O. The first-order valence-corrected chi connectivity index (χ1v) is 6.81. The molecule has 0 amide bonds. The summed E-state index contributed by atoms with van der Waals surface area (Å²) in [4.78, 5) is 8.45. The molecule has 1 aromatic heterocycles. The first-order valence-electron chi connectivity index (χ1n) is 6.81. The Morgan fingerprint density at radius 1 is 1.24 bits per heavy atom. The normalized spacial score (nSPS) is 10.3. The minimum atomic E-state index is -0.345. The summed E-state index contributed by atoms with van der Waals surface area (Å²) in [5, 5.41) is 6.40. The van der Waals surface area contributed by atoms with Gasteiger partial charge in [0.05, 0.1) is 12.8 Å². The summed E-state index contributed by atoms with van der Waals surface area (Å²) >= 11 is 0. The molecule has 6 heteroatoms. The first-order chi connectivity index (χ1) is 10.2. The highest BCUT2D eigenvalue weighted by atomic mass is 19.1. The highest BCUT2D eigenvalue weighted by molar-refractivity contribution is 5.68. The Kier molecular flexibility index (Phi) is 4.92. The second-order valence-corrected chi connectivity index (χ2v) is 4.59. The number of nitrogens with one attached hydrogen (secondary N) is 2. The van der Waals surface area contributed by atoms with E-state index in [1.807, 2.05) is 6.92 Å². The maximum atomic E-state index is 13.2. The predicted octanol–water partition coefficient (Wildman–Crippen LogP) is 3.50. The second kappa shape index (κ2) is 6.88. The van der Waals surface area contributed by atoms with Crippen molar-refractivity contribution in [3.63, 3.8) is 0 Å². The van der Waals surface area contributed by atoms with Crippen LogP contribution in [0.4, 0.5) is 21.7 Å². The third-order valence-electron chi connectivity index (χ3n) is 3.04. The van der Waals surface area contributed by atoms with Crippen LogP contribution in [0.25, 0.3) is 0 Å². The van der Waals surface area contributed by atoms with Crippen molar-refractivity contribution in [2.75, 3.05) is 24.3 Å². The van der Waals surface area contributed by atoms with E-state index in [0.29, 0.717) is 17.3 Å². The molecule has 0 fully saturated rings. The fraction of sp³-hybridized carbons (Fsp3) is 0.333. The van der Waals surface area contributed by atoms with Crippen molar-refractivity contribution >= 4 is 17.3 Å². The molecule has 0 radical (unpaired) electrons.